The zero-order chi connectivity index (χ0) is 16.8. The van der Waals surface area contributed by atoms with Crippen molar-refractivity contribution in [1.29, 1.82) is 0 Å². The molecule has 126 valence electrons. The smallest absolute Gasteiger partial charge is 0.261 e. The summed E-state index contributed by atoms with van der Waals surface area (Å²) in [5.41, 5.74) is 0. The fraction of sp³-hybridized carbons (Fsp3) is 0.429. The Morgan fingerprint density at radius 1 is 0.958 bits per heavy atom. The number of fused-ring (bicyclic) bond motifs is 1. The second-order valence-corrected chi connectivity index (χ2v) is 12.4. The highest BCUT2D eigenvalue weighted by molar-refractivity contribution is 6.99. The molecule has 4 rings (SSSR count). The minimum atomic E-state index is -2.36. The summed E-state index contributed by atoms with van der Waals surface area (Å²) in [7, 11) is -2.36. The van der Waals surface area contributed by atoms with Crippen LogP contribution in [-0.4, -0.2) is 27.1 Å². The number of ether oxygens (including phenoxy) is 1. The SMILES string of the molecule is CC(C)(C)[Si](OC[C@H]1C[C@H]2O[C@@H]12)(c1ccccc1)c1ccccc1. The summed E-state index contributed by atoms with van der Waals surface area (Å²) in [6.07, 6.45) is 2.18. The van der Waals surface area contributed by atoms with Crippen LogP contribution >= 0.6 is 0 Å². The molecule has 2 aromatic rings. The molecule has 2 aromatic carbocycles. The molecule has 0 spiro atoms. The molecular formula is C21H26O2Si. The van der Waals surface area contributed by atoms with Gasteiger partial charge in [0.2, 0.25) is 0 Å². The molecule has 2 aliphatic rings. The van der Waals surface area contributed by atoms with E-state index in [9.17, 15) is 0 Å². The van der Waals surface area contributed by atoms with Gasteiger partial charge in [-0.15, -0.1) is 0 Å². The van der Waals surface area contributed by atoms with Gasteiger partial charge >= 0.3 is 0 Å². The Kier molecular flexibility index (Phi) is 3.90. The molecule has 3 atom stereocenters. The lowest BCUT2D eigenvalue weighted by Gasteiger charge is -2.44. The third-order valence-electron chi connectivity index (χ3n) is 5.55. The average molecular weight is 339 g/mol. The van der Waals surface area contributed by atoms with Crippen LogP contribution in [0.1, 0.15) is 27.2 Å². The Hall–Kier alpha value is -1.42. The molecule has 3 heteroatoms. The summed E-state index contributed by atoms with van der Waals surface area (Å²) in [4.78, 5) is 0. The minimum absolute atomic E-state index is 0.0588. The van der Waals surface area contributed by atoms with Crippen LogP contribution in [0.4, 0.5) is 0 Å². The third-order valence-corrected chi connectivity index (χ3v) is 10.6. The van der Waals surface area contributed by atoms with Crippen molar-refractivity contribution in [3.8, 4) is 0 Å². The van der Waals surface area contributed by atoms with Crippen molar-refractivity contribution in [2.45, 2.75) is 44.4 Å². The standard InChI is InChI=1S/C21H26O2Si/c1-21(2,3)24(17-10-6-4-7-11-17,18-12-8-5-9-13-18)22-15-16-14-19-20(16)23-19/h4-13,16,19-20H,14-15H2,1-3H3/t16-,19-,20+/m1/s1. The molecule has 0 radical (unpaired) electrons. The number of benzene rings is 2. The van der Waals surface area contributed by atoms with E-state index in [0.717, 1.165) is 6.61 Å². The summed E-state index contributed by atoms with van der Waals surface area (Å²) in [6, 6.07) is 21.7. The maximum Gasteiger partial charge on any atom is 0.261 e. The van der Waals surface area contributed by atoms with Gasteiger partial charge in [-0.3, -0.25) is 0 Å². The highest BCUT2D eigenvalue weighted by Gasteiger charge is 2.57. The molecule has 2 fully saturated rings. The second-order valence-electron chi connectivity index (χ2n) is 8.11. The Morgan fingerprint density at radius 2 is 1.50 bits per heavy atom. The predicted octanol–water partition coefficient (Wildman–Crippen LogP) is 3.35. The van der Waals surface area contributed by atoms with Gasteiger partial charge in [-0.2, -0.15) is 0 Å². The first-order valence-electron chi connectivity index (χ1n) is 8.93. The van der Waals surface area contributed by atoms with Gasteiger partial charge in [-0.1, -0.05) is 81.4 Å². The third kappa shape index (κ3) is 2.55. The zero-order valence-electron chi connectivity index (χ0n) is 14.7. The highest BCUT2D eigenvalue weighted by Crippen LogP contribution is 2.47. The van der Waals surface area contributed by atoms with Crippen LogP contribution in [-0.2, 0) is 9.16 Å². The van der Waals surface area contributed by atoms with Crippen molar-refractivity contribution < 1.29 is 9.16 Å². The van der Waals surface area contributed by atoms with Crippen LogP contribution in [0.15, 0.2) is 60.7 Å². The summed E-state index contributed by atoms with van der Waals surface area (Å²) in [5.74, 6) is 0.580. The van der Waals surface area contributed by atoms with E-state index in [0.29, 0.717) is 18.1 Å². The molecule has 1 saturated heterocycles. The first kappa shape index (κ1) is 16.1. The first-order valence-corrected chi connectivity index (χ1v) is 10.8. The first-order chi connectivity index (χ1) is 11.5. The molecule has 0 amide bonds. The highest BCUT2D eigenvalue weighted by atomic mass is 28.4. The Balaban J connectivity index is 1.76. The van der Waals surface area contributed by atoms with Crippen molar-refractivity contribution in [3.05, 3.63) is 60.7 Å². The van der Waals surface area contributed by atoms with Crippen LogP contribution in [0, 0.1) is 5.92 Å². The molecule has 0 unspecified atom stereocenters. The van der Waals surface area contributed by atoms with Gasteiger partial charge in [-0.25, -0.2) is 0 Å². The predicted molar refractivity (Wildman–Crippen MR) is 100 cm³/mol. The van der Waals surface area contributed by atoms with Crippen LogP contribution in [0.5, 0.6) is 0 Å². The van der Waals surface area contributed by atoms with Gasteiger partial charge in [-0.05, 0) is 21.8 Å². The van der Waals surface area contributed by atoms with Crippen molar-refractivity contribution in [2.75, 3.05) is 6.61 Å². The van der Waals surface area contributed by atoms with Gasteiger partial charge < -0.3 is 9.16 Å². The summed E-state index contributed by atoms with van der Waals surface area (Å²) < 4.78 is 12.6. The van der Waals surface area contributed by atoms with Crippen LogP contribution in [0.3, 0.4) is 0 Å². The zero-order valence-corrected chi connectivity index (χ0v) is 15.7. The normalized spacial score (nSPS) is 25.7. The topological polar surface area (TPSA) is 21.8 Å². The summed E-state index contributed by atoms with van der Waals surface area (Å²) in [6.45, 7) is 7.80. The van der Waals surface area contributed by atoms with Crippen molar-refractivity contribution >= 4 is 18.7 Å². The van der Waals surface area contributed by atoms with Crippen LogP contribution in [0.25, 0.3) is 0 Å². The Morgan fingerprint density at radius 3 is 1.88 bits per heavy atom. The maximum atomic E-state index is 6.93. The lowest BCUT2D eigenvalue weighted by atomic mass is 9.86. The molecule has 0 N–H and O–H groups in total. The number of hydrogen-bond acceptors (Lipinski definition) is 2. The lowest BCUT2D eigenvalue weighted by molar-refractivity contribution is 0.194. The number of hydrogen-bond donors (Lipinski definition) is 0. The molecule has 1 saturated carbocycles. The molecule has 1 aliphatic carbocycles. The Labute approximate surface area is 145 Å². The van der Waals surface area contributed by atoms with Gasteiger partial charge in [0.15, 0.2) is 0 Å². The Bertz CT molecular complexity index is 653. The monoisotopic (exact) mass is 338 g/mol. The van der Waals surface area contributed by atoms with Crippen LogP contribution < -0.4 is 10.4 Å². The van der Waals surface area contributed by atoms with Crippen LogP contribution in [0.2, 0.25) is 5.04 Å². The van der Waals surface area contributed by atoms with Gasteiger partial charge in [0, 0.05) is 12.5 Å². The van der Waals surface area contributed by atoms with E-state index in [4.69, 9.17) is 9.16 Å². The molecule has 1 heterocycles. The van der Waals surface area contributed by atoms with E-state index in [1.54, 1.807) is 0 Å². The summed E-state index contributed by atoms with van der Waals surface area (Å²) >= 11 is 0. The maximum absolute atomic E-state index is 6.93. The average Bonchev–Trinajstić information content (AvgIpc) is 3.22. The van der Waals surface area contributed by atoms with E-state index >= 15 is 0 Å². The molecule has 1 aliphatic heterocycles. The number of rotatable bonds is 5. The van der Waals surface area contributed by atoms with Crippen molar-refractivity contribution in [3.63, 3.8) is 0 Å². The quantitative estimate of drug-likeness (QED) is 0.616. The van der Waals surface area contributed by atoms with Gasteiger partial charge in [0.05, 0.1) is 12.2 Å². The van der Waals surface area contributed by atoms with Crippen molar-refractivity contribution in [2.24, 2.45) is 5.92 Å². The van der Waals surface area contributed by atoms with E-state index in [-0.39, 0.29) is 5.04 Å². The van der Waals surface area contributed by atoms with E-state index in [1.807, 2.05) is 0 Å². The second kappa shape index (κ2) is 5.83. The van der Waals surface area contributed by atoms with Gasteiger partial charge in [0.25, 0.3) is 8.32 Å². The molecule has 2 nitrogen and oxygen atoms in total. The molecule has 0 bridgehead atoms. The van der Waals surface area contributed by atoms with E-state index < -0.39 is 8.32 Å². The largest absolute Gasteiger partial charge is 0.407 e. The lowest BCUT2D eigenvalue weighted by Crippen LogP contribution is -2.67. The molecule has 24 heavy (non-hydrogen) atoms. The fourth-order valence-corrected chi connectivity index (χ4v) is 8.77. The number of epoxide rings is 1. The van der Waals surface area contributed by atoms with E-state index in [1.165, 1.54) is 16.8 Å². The molecule has 0 aromatic heterocycles. The van der Waals surface area contributed by atoms with E-state index in [2.05, 4.69) is 81.4 Å². The van der Waals surface area contributed by atoms with Crippen molar-refractivity contribution in [1.82, 2.24) is 0 Å². The van der Waals surface area contributed by atoms with Gasteiger partial charge in [0.1, 0.15) is 0 Å². The molecular weight excluding hydrogens is 312 g/mol. The fourth-order valence-electron chi connectivity index (χ4n) is 4.15. The summed E-state index contributed by atoms with van der Waals surface area (Å²) in [5, 5.41) is 2.77. The minimum Gasteiger partial charge on any atom is -0.407 e.